The molecule has 1 N–H and O–H groups in total. The second-order valence-corrected chi connectivity index (χ2v) is 7.17. The van der Waals surface area contributed by atoms with Crippen LogP contribution in [0.15, 0.2) is 65.0 Å². The number of carbonyl (C=O) groups excluding carboxylic acids is 1. The minimum absolute atomic E-state index is 0.164. The molecule has 0 aliphatic rings. The summed E-state index contributed by atoms with van der Waals surface area (Å²) in [5, 5.41) is 4.55. The number of benzene rings is 2. The Labute approximate surface area is 169 Å². The summed E-state index contributed by atoms with van der Waals surface area (Å²) < 4.78 is 20.0. The number of anilines is 1. The zero-order valence-corrected chi connectivity index (χ0v) is 16.2. The van der Waals surface area contributed by atoms with Crippen molar-refractivity contribution in [2.45, 2.75) is 6.54 Å². The van der Waals surface area contributed by atoms with Crippen LogP contribution in [0.3, 0.4) is 0 Å². The fourth-order valence-electron chi connectivity index (χ4n) is 2.94. The molecular weight excluding hydrogens is 393 g/mol. The van der Waals surface area contributed by atoms with E-state index in [1.54, 1.807) is 43.5 Å². The molecule has 2 heterocycles. The van der Waals surface area contributed by atoms with Gasteiger partial charge in [0.2, 0.25) is 5.91 Å². The molecule has 146 valence electrons. The summed E-state index contributed by atoms with van der Waals surface area (Å²) in [6.07, 6.45) is 1.36. The summed E-state index contributed by atoms with van der Waals surface area (Å²) in [5.74, 6) is -0.0579. The number of thiophene rings is 1. The Balaban J connectivity index is 1.58. The molecule has 2 aromatic carbocycles. The Kier molecular flexibility index (Phi) is 5.09. The van der Waals surface area contributed by atoms with Crippen molar-refractivity contribution < 1.29 is 13.9 Å². The highest BCUT2D eigenvalue weighted by Crippen LogP contribution is 2.30. The number of rotatable bonds is 5. The van der Waals surface area contributed by atoms with Crippen molar-refractivity contribution in [3.8, 4) is 16.9 Å². The van der Waals surface area contributed by atoms with E-state index in [-0.39, 0.29) is 23.8 Å². The van der Waals surface area contributed by atoms with Gasteiger partial charge in [-0.2, -0.15) is 0 Å². The third kappa shape index (κ3) is 3.88. The monoisotopic (exact) mass is 409 g/mol. The van der Waals surface area contributed by atoms with Crippen LogP contribution in [0.2, 0.25) is 0 Å². The largest absolute Gasteiger partial charge is 0.497 e. The van der Waals surface area contributed by atoms with E-state index in [0.717, 1.165) is 11.1 Å². The minimum atomic E-state index is -0.350. The van der Waals surface area contributed by atoms with Crippen LogP contribution in [-0.4, -0.2) is 22.6 Å². The maximum absolute atomic E-state index is 13.2. The molecular formula is C21H16FN3O3S. The standard InChI is InChI=1S/C21H16FN3O3S/c1-28-16-4-2-3-15(9-16)24-18(26)10-25-12-23-19-17(11-29-20(19)21(25)27)13-5-7-14(22)8-6-13/h2-9,11-12H,10H2,1H3,(H,24,26). The Morgan fingerprint density at radius 3 is 2.79 bits per heavy atom. The summed E-state index contributed by atoms with van der Waals surface area (Å²) in [4.78, 5) is 29.5. The van der Waals surface area contributed by atoms with E-state index < -0.39 is 0 Å². The van der Waals surface area contributed by atoms with Crippen LogP contribution in [0.4, 0.5) is 10.1 Å². The van der Waals surface area contributed by atoms with Crippen molar-refractivity contribution >= 4 is 33.1 Å². The van der Waals surface area contributed by atoms with E-state index in [1.807, 2.05) is 5.38 Å². The van der Waals surface area contributed by atoms with Crippen LogP contribution in [0.5, 0.6) is 5.75 Å². The van der Waals surface area contributed by atoms with Gasteiger partial charge in [0.1, 0.15) is 22.8 Å². The quantitative estimate of drug-likeness (QED) is 0.542. The first-order chi connectivity index (χ1) is 14.0. The van der Waals surface area contributed by atoms with Crippen molar-refractivity contribution in [1.29, 1.82) is 0 Å². The summed E-state index contributed by atoms with van der Waals surface area (Å²) in [7, 11) is 1.54. The van der Waals surface area contributed by atoms with Crippen molar-refractivity contribution in [2.24, 2.45) is 0 Å². The van der Waals surface area contributed by atoms with Gasteiger partial charge in [0.05, 0.1) is 19.0 Å². The molecule has 4 rings (SSSR count). The Bertz CT molecular complexity index is 1250. The first-order valence-corrected chi connectivity index (χ1v) is 9.59. The summed E-state index contributed by atoms with van der Waals surface area (Å²) in [6.45, 7) is -0.164. The van der Waals surface area contributed by atoms with Gasteiger partial charge in [-0.1, -0.05) is 18.2 Å². The van der Waals surface area contributed by atoms with Gasteiger partial charge >= 0.3 is 0 Å². The molecule has 0 saturated heterocycles. The first-order valence-electron chi connectivity index (χ1n) is 8.71. The number of hydrogen-bond acceptors (Lipinski definition) is 5. The zero-order chi connectivity index (χ0) is 20.4. The third-order valence-corrected chi connectivity index (χ3v) is 5.33. The number of methoxy groups -OCH3 is 1. The van der Waals surface area contributed by atoms with Crippen LogP contribution in [0.1, 0.15) is 0 Å². The Hall–Kier alpha value is -3.52. The number of halogens is 1. The van der Waals surface area contributed by atoms with Gasteiger partial charge in [0.25, 0.3) is 5.56 Å². The smallest absolute Gasteiger partial charge is 0.271 e. The fourth-order valence-corrected chi connectivity index (χ4v) is 3.92. The van der Waals surface area contributed by atoms with E-state index in [2.05, 4.69) is 10.3 Å². The number of hydrogen-bond donors (Lipinski definition) is 1. The SMILES string of the molecule is COc1cccc(NC(=O)Cn2cnc3c(-c4ccc(F)cc4)csc3c2=O)c1. The molecule has 0 radical (unpaired) electrons. The van der Waals surface area contributed by atoms with E-state index >= 15 is 0 Å². The lowest BCUT2D eigenvalue weighted by atomic mass is 10.1. The van der Waals surface area contributed by atoms with Gasteiger partial charge in [0.15, 0.2) is 0 Å². The number of carbonyl (C=O) groups is 1. The van der Waals surface area contributed by atoms with Gasteiger partial charge < -0.3 is 10.1 Å². The molecule has 0 bridgehead atoms. The Morgan fingerprint density at radius 2 is 2.03 bits per heavy atom. The third-order valence-electron chi connectivity index (χ3n) is 4.37. The average molecular weight is 409 g/mol. The van der Waals surface area contributed by atoms with Gasteiger partial charge in [-0.15, -0.1) is 11.3 Å². The zero-order valence-electron chi connectivity index (χ0n) is 15.4. The van der Waals surface area contributed by atoms with Crippen LogP contribution in [0.25, 0.3) is 21.3 Å². The van der Waals surface area contributed by atoms with E-state index in [9.17, 15) is 14.0 Å². The minimum Gasteiger partial charge on any atom is -0.497 e. The average Bonchev–Trinajstić information content (AvgIpc) is 3.15. The predicted molar refractivity (Wildman–Crippen MR) is 111 cm³/mol. The molecule has 0 fully saturated rings. The van der Waals surface area contributed by atoms with Crippen molar-refractivity contribution in [3.63, 3.8) is 0 Å². The van der Waals surface area contributed by atoms with E-state index in [4.69, 9.17) is 4.74 Å². The first kappa shape index (κ1) is 18.8. The summed E-state index contributed by atoms with van der Waals surface area (Å²) in [6, 6.07) is 13.0. The lowest BCUT2D eigenvalue weighted by Crippen LogP contribution is -2.27. The van der Waals surface area contributed by atoms with Crippen LogP contribution in [-0.2, 0) is 11.3 Å². The predicted octanol–water partition coefficient (Wildman–Crippen LogP) is 3.91. The second-order valence-electron chi connectivity index (χ2n) is 6.29. The lowest BCUT2D eigenvalue weighted by Gasteiger charge is -2.08. The summed E-state index contributed by atoms with van der Waals surface area (Å²) in [5.41, 5.74) is 2.35. The topological polar surface area (TPSA) is 73.2 Å². The molecule has 1 amide bonds. The number of aromatic nitrogens is 2. The van der Waals surface area contributed by atoms with E-state index in [1.165, 1.54) is 34.4 Å². The van der Waals surface area contributed by atoms with Crippen molar-refractivity contribution in [3.05, 3.63) is 76.4 Å². The van der Waals surface area contributed by atoms with E-state index in [0.29, 0.717) is 21.7 Å². The van der Waals surface area contributed by atoms with Crippen molar-refractivity contribution in [2.75, 3.05) is 12.4 Å². The molecule has 0 aliphatic carbocycles. The number of nitrogens with one attached hydrogen (secondary N) is 1. The van der Waals surface area contributed by atoms with Gasteiger partial charge in [0, 0.05) is 22.7 Å². The van der Waals surface area contributed by atoms with Gasteiger partial charge in [-0.3, -0.25) is 14.2 Å². The van der Waals surface area contributed by atoms with Crippen LogP contribution < -0.4 is 15.6 Å². The number of nitrogens with zero attached hydrogens (tertiary/aromatic N) is 2. The highest BCUT2D eigenvalue weighted by molar-refractivity contribution is 7.17. The summed E-state index contributed by atoms with van der Waals surface area (Å²) >= 11 is 1.25. The molecule has 6 nitrogen and oxygen atoms in total. The van der Waals surface area contributed by atoms with Gasteiger partial charge in [-0.05, 0) is 29.8 Å². The van der Waals surface area contributed by atoms with Gasteiger partial charge in [-0.25, -0.2) is 9.37 Å². The van der Waals surface area contributed by atoms with Crippen molar-refractivity contribution in [1.82, 2.24) is 9.55 Å². The molecule has 0 aliphatic heterocycles. The highest BCUT2D eigenvalue weighted by atomic mass is 32.1. The maximum Gasteiger partial charge on any atom is 0.271 e. The molecule has 0 unspecified atom stereocenters. The lowest BCUT2D eigenvalue weighted by molar-refractivity contribution is -0.116. The fraction of sp³-hybridized carbons (Fsp3) is 0.0952. The number of fused-ring (bicyclic) bond motifs is 1. The molecule has 8 heteroatoms. The number of ether oxygens (including phenoxy) is 1. The van der Waals surface area contributed by atoms with Crippen LogP contribution in [0, 0.1) is 5.82 Å². The molecule has 0 atom stereocenters. The second kappa shape index (κ2) is 7.84. The van der Waals surface area contributed by atoms with Crippen LogP contribution >= 0.6 is 11.3 Å². The molecule has 2 aromatic heterocycles. The Morgan fingerprint density at radius 1 is 1.24 bits per heavy atom. The maximum atomic E-state index is 13.2. The highest BCUT2D eigenvalue weighted by Gasteiger charge is 2.14. The number of amides is 1. The molecule has 4 aromatic rings. The molecule has 29 heavy (non-hydrogen) atoms. The normalized spacial score (nSPS) is 10.8. The molecule has 0 spiro atoms. The molecule has 0 saturated carbocycles.